The van der Waals surface area contributed by atoms with Gasteiger partial charge < -0.3 is 10.3 Å². The average Bonchev–Trinajstić information content (AvgIpc) is 2.87. The van der Waals surface area contributed by atoms with Crippen LogP contribution >= 0.6 is 11.8 Å². The number of alkyl halides is 2. The highest BCUT2D eigenvalue weighted by molar-refractivity contribution is 7.99. The van der Waals surface area contributed by atoms with Gasteiger partial charge in [0.05, 0.1) is 5.69 Å². The minimum Gasteiger partial charge on any atom is -0.354 e. The first-order valence-electron chi connectivity index (χ1n) is 7.57. The normalized spacial score (nSPS) is 13.9. The van der Waals surface area contributed by atoms with Crippen molar-refractivity contribution in [3.8, 4) is 0 Å². The van der Waals surface area contributed by atoms with Gasteiger partial charge in [0.25, 0.3) is 11.7 Å². The Morgan fingerprint density at radius 1 is 1.29 bits per heavy atom. The van der Waals surface area contributed by atoms with Gasteiger partial charge in [0.1, 0.15) is 5.69 Å². The number of H-pyrrole nitrogens is 1. The van der Waals surface area contributed by atoms with Crippen LogP contribution in [-0.2, 0) is 6.42 Å². The molecule has 0 fully saturated rings. The van der Waals surface area contributed by atoms with Gasteiger partial charge >= 0.3 is 0 Å². The van der Waals surface area contributed by atoms with Gasteiger partial charge in [0, 0.05) is 22.6 Å². The third-order valence-corrected chi connectivity index (χ3v) is 4.80. The fraction of sp³-hybridized carbons (Fsp3) is 0.294. The molecule has 1 aliphatic rings. The molecule has 7 heteroatoms. The Kier molecular flexibility index (Phi) is 4.71. The largest absolute Gasteiger partial charge is 0.354 e. The third kappa shape index (κ3) is 3.21. The van der Waals surface area contributed by atoms with Gasteiger partial charge in [0.2, 0.25) is 0 Å². The van der Waals surface area contributed by atoms with Gasteiger partial charge in [0.15, 0.2) is 5.78 Å². The lowest BCUT2D eigenvalue weighted by Gasteiger charge is -2.10. The highest BCUT2D eigenvalue weighted by Gasteiger charge is 2.26. The van der Waals surface area contributed by atoms with Gasteiger partial charge in [-0.2, -0.15) is 8.78 Å². The Labute approximate surface area is 142 Å². The molecule has 1 amide bonds. The summed E-state index contributed by atoms with van der Waals surface area (Å²) >= 11 is 0.382. The lowest BCUT2D eigenvalue weighted by atomic mass is 9.94. The fourth-order valence-corrected chi connectivity index (χ4v) is 3.55. The molecule has 0 radical (unpaired) electrons. The highest BCUT2D eigenvalue weighted by atomic mass is 32.2. The number of anilines is 1. The van der Waals surface area contributed by atoms with Crippen LogP contribution in [0, 0.1) is 6.92 Å². The Balaban J connectivity index is 1.88. The third-order valence-electron chi connectivity index (χ3n) is 4.02. The monoisotopic (exact) mass is 350 g/mol. The Morgan fingerprint density at radius 2 is 2.04 bits per heavy atom. The lowest BCUT2D eigenvalue weighted by Crippen LogP contribution is -2.14. The maximum absolute atomic E-state index is 12.6. The number of aromatic amines is 1. The summed E-state index contributed by atoms with van der Waals surface area (Å²) in [5, 5.41) is 2.66. The Hall–Kier alpha value is -2.15. The van der Waals surface area contributed by atoms with Crippen molar-refractivity contribution >= 4 is 29.1 Å². The summed E-state index contributed by atoms with van der Waals surface area (Å²) in [4.78, 5) is 27.9. The first-order valence-corrected chi connectivity index (χ1v) is 8.45. The number of benzene rings is 1. The van der Waals surface area contributed by atoms with Crippen molar-refractivity contribution in [3.05, 3.63) is 46.8 Å². The second-order valence-electron chi connectivity index (χ2n) is 5.58. The van der Waals surface area contributed by atoms with E-state index in [9.17, 15) is 18.4 Å². The van der Waals surface area contributed by atoms with Crippen LogP contribution in [0.3, 0.4) is 0 Å². The summed E-state index contributed by atoms with van der Waals surface area (Å²) in [6.45, 7) is 1.73. The number of nitrogens with one attached hydrogen (secondary N) is 2. The number of fused-ring (bicyclic) bond motifs is 1. The zero-order valence-corrected chi connectivity index (χ0v) is 13.8. The summed E-state index contributed by atoms with van der Waals surface area (Å²) < 4.78 is 25.3. The van der Waals surface area contributed by atoms with E-state index in [1.165, 1.54) is 6.07 Å². The molecule has 0 bridgehead atoms. The summed E-state index contributed by atoms with van der Waals surface area (Å²) in [5.74, 6) is -2.96. The molecule has 1 aromatic carbocycles. The van der Waals surface area contributed by atoms with Gasteiger partial charge in [-0.25, -0.2) is 0 Å². The van der Waals surface area contributed by atoms with Crippen LogP contribution in [0.2, 0.25) is 0 Å². The molecule has 0 unspecified atom stereocenters. The van der Waals surface area contributed by atoms with Crippen molar-refractivity contribution < 1.29 is 18.4 Å². The summed E-state index contributed by atoms with van der Waals surface area (Å²) in [6, 6.07) is 6.41. The highest BCUT2D eigenvalue weighted by Crippen LogP contribution is 2.32. The Bertz CT molecular complexity index is 802. The fourth-order valence-electron chi connectivity index (χ4n) is 2.95. The van der Waals surface area contributed by atoms with Crippen LogP contribution in [0.4, 0.5) is 14.5 Å². The zero-order valence-electron chi connectivity index (χ0n) is 13.0. The first-order chi connectivity index (χ1) is 11.5. The van der Waals surface area contributed by atoms with E-state index in [0.717, 1.165) is 18.5 Å². The van der Waals surface area contributed by atoms with Gasteiger partial charge in [-0.1, -0.05) is 23.9 Å². The van der Waals surface area contributed by atoms with E-state index in [-0.39, 0.29) is 5.78 Å². The van der Waals surface area contributed by atoms with Crippen molar-refractivity contribution in [2.75, 3.05) is 5.32 Å². The molecule has 0 aliphatic heterocycles. The van der Waals surface area contributed by atoms with Crippen LogP contribution in [0.25, 0.3) is 0 Å². The summed E-state index contributed by atoms with van der Waals surface area (Å²) in [7, 11) is 0. The van der Waals surface area contributed by atoms with Gasteiger partial charge in [-0.3, -0.25) is 9.59 Å². The standard InChI is InChI=1S/C17H16F2N2O2S/c1-9-14-11(6-4-7-12(14)22)20-15(9)16(23)21-10-5-2-3-8-13(10)24-17(18)19/h2-3,5,8,17,20H,4,6-7H2,1H3,(H,21,23). The molecule has 0 saturated heterocycles. The van der Waals surface area contributed by atoms with Crippen molar-refractivity contribution in [2.24, 2.45) is 0 Å². The van der Waals surface area contributed by atoms with E-state index in [2.05, 4.69) is 10.3 Å². The molecule has 126 valence electrons. The predicted molar refractivity (Wildman–Crippen MR) is 89.1 cm³/mol. The van der Waals surface area contributed by atoms with Crippen LogP contribution in [0.5, 0.6) is 0 Å². The molecule has 1 aliphatic carbocycles. The SMILES string of the molecule is Cc1c(C(=O)Nc2ccccc2SC(F)F)[nH]c2c1C(=O)CCC2. The lowest BCUT2D eigenvalue weighted by molar-refractivity contribution is 0.0971. The van der Waals surface area contributed by atoms with E-state index in [4.69, 9.17) is 0 Å². The second kappa shape index (κ2) is 6.76. The molecule has 1 heterocycles. The van der Waals surface area contributed by atoms with E-state index >= 15 is 0 Å². The van der Waals surface area contributed by atoms with Crippen molar-refractivity contribution in [3.63, 3.8) is 0 Å². The van der Waals surface area contributed by atoms with Crippen LogP contribution in [0.15, 0.2) is 29.2 Å². The molecule has 0 saturated carbocycles. The topological polar surface area (TPSA) is 62.0 Å². The van der Waals surface area contributed by atoms with E-state index < -0.39 is 11.7 Å². The number of hydrogen-bond donors (Lipinski definition) is 2. The second-order valence-corrected chi connectivity index (χ2v) is 6.62. The molecule has 2 N–H and O–H groups in total. The molecule has 0 atom stereocenters. The number of aryl methyl sites for hydroxylation is 1. The quantitative estimate of drug-likeness (QED) is 0.803. The van der Waals surface area contributed by atoms with Crippen LogP contribution in [0.1, 0.15) is 44.9 Å². The number of ketones is 1. The molecular weight excluding hydrogens is 334 g/mol. The predicted octanol–water partition coefficient (Wildman–Crippen LogP) is 4.41. The molecule has 3 rings (SSSR count). The Morgan fingerprint density at radius 3 is 2.75 bits per heavy atom. The molecule has 4 nitrogen and oxygen atoms in total. The number of carbonyl (C=O) groups is 2. The van der Waals surface area contributed by atoms with Crippen molar-refractivity contribution in [1.29, 1.82) is 0 Å². The smallest absolute Gasteiger partial charge is 0.288 e. The maximum atomic E-state index is 12.6. The van der Waals surface area contributed by atoms with Crippen molar-refractivity contribution in [1.82, 2.24) is 4.98 Å². The van der Waals surface area contributed by atoms with E-state index in [1.54, 1.807) is 25.1 Å². The molecule has 24 heavy (non-hydrogen) atoms. The van der Waals surface area contributed by atoms with Crippen LogP contribution in [-0.4, -0.2) is 22.4 Å². The number of aromatic nitrogens is 1. The molecule has 1 aromatic heterocycles. The van der Waals surface area contributed by atoms with Gasteiger partial charge in [-0.05, 0) is 37.5 Å². The summed E-state index contributed by atoms with van der Waals surface area (Å²) in [5.41, 5.74) is 2.63. The number of para-hydroxylation sites is 1. The number of hydrogen-bond acceptors (Lipinski definition) is 3. The molecular formula is C17H16F2N2O2S. The minimum atomic E-state index is -2.57. The number of amides is 1. The van der Waals surface area contributed by atoms with E-state index in [0.29, 0.717) is 45.6 Å². The summed E-state index contributed by atoms with van der Waals surface area (Å²) in [6.07, 6.45) is 1.98. The molecule has 0 spiro atoms. The van der Waals surface area contributed by atoms with Gasteiger partial charge in [-0.15, -0.1) is 0 Å². The van der Waals surface area contributed by atoms with Crippen LogP contribution < -0.4 is 5.32 Å². The number of rotatable bonds is 4. The average molecular weight is 350 g/mol. The maximum Gasteiger partial charge on any atom is 0.288 e. The number of Topliss-reactive ketones (excluding diaryl/α,β-unsaturated/α-hetero) is 1. The number of halogens is 2. The van der Waals surface area contributed by atoms with E-state index in [1.807, 2.05) is 0 Å². The number of thioether (sulfide) groups is 1. The van der Waals surface area contributed by atoms with Crippen molar-refractivity contribution in [2.45, 2.75) is 36.8 Å². The zero-order chi connectivity index (χ0) is 17.3. The number of carbonyl (C=O) groups excluding carboxylic acids is 2. The first kappa shape index (κ1) is 16.7. The minimum absolute atomic E-state index is 0.0395. The molecule has 2 aromatic rings.